The van der Waals surface area contributed by atoms with E-state index in [1.165, 1.54) is 13.8 Å². The number of carbonyl (C=O) groups is 2. The predicted octanol–water partition coefficient (Wildman–Crippen LogP) is 1.28. The first kappa shape index (κ1) is 11.0. The van der Waals surface area contributed by atoms with Gasteiger partial charge < -0.3 is 9.47 Å². The third kappa shape index (κ3) is 3.36. The van der Waals surface area contributed by atoms with E-state index in [2.05, 4.69) is 0 Å². The molecule has 1 saturated carbocycles. The van der Waals surface area contributed by atoms with E-state index >= 15 is 0 Å². The van der Waals surface area contributed by atoms with Crippen LogP contribution in [0, 0.1) is 5.92 Å². The molecule has 0 bridgehead atoms. The summed E-state index contributed by atoms with van der Waals surface area (Å²) < 4.78 is 10.0. The molecule has 0 radical (unpaired) electrons. The van der Waals surface area contributed by atoms with Crippen LogP contribution in [-0.4, -0.2) is 24.6 Å². The van der Waals surface area contributed by atoms with Crippen LogP contribution in [0.4, 0.5) is 0 Å². The normalized spacial score (nSPS) is 25.9. The van der Waals surface area contributed by atoms with E-state index in [1.807, 2.05) is 0 Å². The monoisotopic (exact) mass is 200 g/mol. The molecule has 0 unspecified atom stereocenters. The molecule has 1 rings (SSSR count). The van der Waals surface area contributed by atoms with E-state index < -0.39 is 0 Å². The van der Waals surface area contributed by atoms with Crippen molar-refractivity contribution in [3.8, 4) is 0 Å². The molecule has 14 heavy (non-hydrogen) atoms. The van der Waals surface area contributed by atoms with Gasteiger partial charge in [-0.25, -0.2) is 0 Å². The van der Waals surface area contributed by atoms with Crippen molar-refractivity contribution < 1.29 is 19.1 Å². The molecule has 0 aromatic rings. The molecule has 4 heteroatoms. The van der Waals surface area contributed by atoms with E-state index in [0.29, 0.717) is 6.61 Å². The maximum Gasteiger partial charge on any atom is 0.302 e. The highest BCUT2D eigenvalue weighted by Crippen LogP contribution is 2.28. The van der Waals surface area contributed by atoms with Gasteiger partial charge in [0.05, 0.1) is 6.61 Å². The second-order valence-corrected chi connectivity index (χ2v) is 3.64. The highest BCUT2D eigenvalue weighted by Gasteiger charge is 2.30. The van der Waals surface area contributed by atoms with Gasteiger partial charge in [0.25, 0.3) is 0 Å². The summed E-state index contributed by atoms with van der Waals surface area (Å²) in [5.74, 6) is -0.356. The fourth-order valence-electron chi connectivity index (χ4n) is 1.79. The van der Waals surface area contributed by atoms with Crippen LogP contribution in [0.3, 0.4) is 0 Å². The zero-order chi connectivity index (χ0) is 10.6. The van der Waals surface area contributed by atoms with Crippen LogP contribution in [0.15, 0.2) is 0 Å². The Kier molecular flexibility index (Phi) is 3.92. The van der Waals surface area contributed by atoms with E-state index in [9.17, 15) is 9.59 Å². The van der Waals surface area contributed by atoms with E-state index in [-0.39, 0.29) is 24.0 Å². The second kappa shape index (κ2) is 4.98. The van der Waals surface area contributed by atoms with Crippen molar-refractivity contribution >= 4 is 11.9 Å². The van der Waals surface area contributed by atoms with Crippen LogP contribution in [0.5, 0.6) is 0 Å². The average Bonchev–Trinajstić information content (AvgIpc) is 2.47. The third-order valence-corrected chi connectivity index (χ3v) is 2.41. The van der Waals surface area contributed by atoms with Gasteiger partial charge in [-0.05, 0) is 19.3 Å². The van der Waals surface area contributed by atoms with Crippen molar-refractivity contribution in [3.63, 3.8) is 0 Å². The summed E-state index contributed by atoms with van der Waals surface area (Å²) in [4.78, 5) is 21.4. The third-order valence-electron chi connectivity index (χ3n) is 2.41. The number of rotatable bonds is 3. The minimum atomic E-state index is -0.279. The summed E-state index contributed by atoms with van der Waals surface area (Å²) in [6, 6.07) is 0. The Morgan fingerprint density at radius 1 is 1.21 bits per heavy atom. The summed E-state index contributed by atoms with van der Waals surface area (Å²) in [6.45, 7) is 3.16. The first-order valence-corrected chi connectivity index (χ1v) is 4.90. The maximum atomic E-state index is 10.8. The van der Waals surface area contributed by atoms with Crippen molar-refractivity contribution in [2.45, 2.75) is 39.2 Å². The zero-order valence-electron chi connectivity index (χ0n) is 8.62. The van der Waals surface area contributed by atoms with Crippen molar-refractivity contribution in [2.24, 2.45) is 5.92 Å². The molecule has 1 aliphatic rings. The highest BCUT2D eigenvalue weighted by molar-refractivity contribution is 5.66. The number of carbonyl (C=O) groups excluding carboxylic acids is 2. The quantitative estimate of drug-likeness (QED) is 0.644. The first-order chi connectivity index (χ1) is 6.59. The van der Waals surface area contributed by atoms with Gasteiger partial charge in [0.15, 0.2) is 0 Å². The van der Waals surface area contributed by atoms with Crippen molar-refractivity contribution in [2.75, 3.05) is 6.61 Å². The fourth-order valence-corrected chi connectivity index (χ4v) is 1.79. The molecule has 0 aromatic heterocycles. The van der Waals surface area contributed by atoms with Gasteiger partial charge in [-0.3, -0.25) is 9.59 Å². The zero-order valence-corrected chi connectivity index (χ0v) is 8.62. The lowest BCUT2D eigenvalue weighted by Gasteiger charge is -2.18. The van der Waals surface area contributed by atoms with Gasteiger partial charge >= 0.3 is 11.9 Å². The van der Waals surface area contributed by atoms with Crippen molar-refractivity contribution in [1.82, 2.24) is 0 Å². The number of ether oxygens (including phenoxy) is 2. The van der Waals surface area contributed by atoms with Crippen LogP contribution < -0.4 is 0 Å². The standard InChI is InChI=1S/C10H16O4/c1-7(11)13-6-9-4-3-5-10(9)14-8(2)12/h9-10H,3-6H2,1-2H3/t9-,10+/m0/s1. The minimum absolute atomic E-state index is 0.0631. The lowest BCUT2D eigenvalue weighted by atomic mass is 10.1. The summed E-state index contributed by atoms with van der Waals surface area (Å²) in [7, 11) is 0. The number of hydrogen-bond donors (Lipinski definition) is 0. The maximum absolute atomic E-state index is 10.8. The molecular formula is C10H16O4. The van der Waals surface area contributed by atoms with E-state index in [4.69, 9.17) is 9.47 Å². The Bertz CT molecular complexity index is 224. The highest BCUT2D eigenvalue weighted by atomic mass is 16.6. The molecule has 0 aromatic carbocycles. The lowest BCUT2D eigenvalue weighted by molar-refractivity contribution is -0.151. The Balaban J connectivity index is 2.35. The smallest absolute Gasteiger partial charge is 0.302 e. The van der Waals surface area contributed by atoms with Gasteiger partial charge in [0.2, 0.25) is 0 Å². The van der Waals surface area contributed by atoms with Gasteiger partial charge in [0, 0.05) is 19.8 Å². The summed E-state index contributed by atoms with van der Waals surface area (Å²) in [5, 5.41) is 0. The molecular weight excluding hydrogens is 184 g/mol. The fraction of sp³-hybridized carbons (Fsp3) is 0.800. The Labute approximate surface area is 83.6 Å². The Morgan fingerprint density at radius 3 is 2.50 bits per heavy atom. The van der Waals surface area contributed by atoms with Crippen molar-refractivity contribution in [3.05, 3.63) is 0 Å². The molecule has 4 nitrogen and oxygen atoms in total. The molecule has 1 aliphatic carbocycles. The van der Waals surface area contributed by atoms with Gasteiger partial charge in [-0.15, -0.1) is 0 Å². The Hall–Kier alpha value is -1.06. The molecule has 0 saturated heterocycles. The molecule has 0 heterocycles. The average molecular weight is 200 g/mol. The molecule has 1 fully saturated rings. The molecule has 0 aliphatic heterocycles. The van der Waals surface area contributed by atoms with E-state index in [1.54, 1.807) is 0 Å². The number of hydrogen-bond acceptors (Lipinski definition) is 4. The minimum Gasteiger partial charge on any atom is -0.465 e. The molecule has 0 N–H and O–H groups in total. The van der Waals surface area contributed by atoms with Crippen molar-refractivity contribution in [1.29, 1.82) is 0 Å². The second-order valence-electron chi connectivity index (χ2n) is 3.64. The van der Waals surface area contributed by atoms with Crippen LogP contribution in [0.2, 0.25) is 0 Å². The summed E-state index contributed by atoms with van der Waals surface area (Å²) >= 11 is 0. The number of esters is 2. The van der Waals surface area contributed by atoms with Crippen LogP contribution in [0.25, 0.3) is 0 Å². The van der Waals surface area contributed by atoms with Crippen LogP contribution >= 0.6 is 0 Å². The summed E-state index contributed by atoms with van der Waals surface area (Å²) in [5.41, 5.74) is 0. The first-order valence-electron chi connectivity index (χ1n) is 4.90. The van der Waals surface area contributed by atoms with Gasteiger partial charge in [-0.1, -0.05) is 0 Å². The summed E-state index contributed by atoms with van der Waals surface area (Å²) in [6.07, 6.45) is 2.81. The van der Waals surface area contributed by atoms with E-state index in [0.717, 1.165) is 19.3 Å². The SMILES string of the molecule is CC(=O)OC[C@@H]1CCC[C@H]1OC(C)=O. The van der Waals surface area contributed by atoms with Crippen LogP contribution in [-0.2, 0) is 19.1 Å². The predicted molar refractivity (Wildman–Crippen MR) is 49.5 cm³/mol. The lowest BCUT2D eigenvalue weighted by Crippen LogP contribution is -2.25. The Morgan fingerprint density at radius 2 is 1.93 bits per heavy atom. The molecule has 0 amide bonds. The van der Waals surface area contributed by atoms with Gasteiger partial charge in [-0.2, -0.15) is 0 Å². The topological polar surface area (TPSA) is 52.6 Å². The molecule has 80 valence electrons. The van der Waals surface area contributed by atoms with Crippen LogP contribution in [0.1, 0.15) is 33.1 Å². The van der Waals surface area contributed by atoms with Gasteiger partial charge in [0.1, 0.15) is 6.10 Å². The molecule has 2 atom stereocenters. The largest absolute Gasteiger partial charge is 0.465 e. The molecule has 0 spiro atoms.